The first-order valence-corrected chi connectivity index (χ1v) is 11.1. The molecule has 0 fully saturated rings. The molecule has 0 bridgehead atoms. The fourth-order valence-electron chi connectivity index (χ4n) is 2.63. The number of aryl methyl sites for hydroxylation is 1. The Morgan fingerprint density at radius 3 is 2.52 bits per heavy atom. The van der Waals surface area contributed by atoms with Crippen LogP contribution in [0.3, 0.4) is 0 Å². The number of benzene rings is 1. The first kappa shape index (κ1) is 27.4. The summed E-state index contributed by atoms with van der Waals surface area (Å²) in [6, 6.07) is 11.6. The molecule has 0 aliphatic heterocycles. The lowest BCUT2D eigenvalue weighted by Crippen LogP contribution is -2.35. The summed E-state index contributed by atoms with van der Waals surface area (Å²) in [5.74, 6) is -0.877. The average molecular weight is 489 g/mol. The Morgan fingerprint density at radius 1 is 1.21 bits per heavy atom. The summed E-state index contributed by atoms with van der Waals surface area (Å²) in [5.41, 5.74) is 10.6. The highest BCUT2D eigenvalue weighted by molar-refractivity contribution is 7.91. The Kier molecular flexibility index (Phi) is 11.4. The van der Waals surface area contributed by atoms with Gasteiger partial charge in [-0.1, -0.05) is 37.8 Å². The van der Waals surface area contributed by atoms with Crippen LogP contribution in [-0.4, -0.2) is 39.5 Å². The number of oxime groups is 1. The third kappa shape index (κ3) is 10.0. The molecular weight excluding hydrogens is 455 g/mol. The Hall–Kier alpha value is -3.61. The van der Waals surface area contributed by atoms with Crippen LogP contribution in [0.2, 0.25) is 0 Å². The second kappa shape index (κ2) is 13.7. The number of carbonyl (C=O) groups is 1. The molecule has 0 aliphatic rings. The van der Waals surface area contributed by atoms with Gasteiger partial charge in [0.05, 0.1) is 5.75 Å². The molecule has 1 aromatic carbocycles. The number of nitrogens with two attached hydrogens (primary N) is 2. The van der Waals surface area contributed by atoms with Crippen LogP contribution in [0.4, 0.5) is 10.4 Å². The second-order valence-electron chi connectivity index (χ2n) is 6.68. The van der Waals surface area contributed by atoms with E-state index in [-0.39, 0.29) is 44.5 Å². The molecule has 0 radical (unpaired) electrons. The molecular formula is C20H31FN6O5S. The quantitative estimate of drug-likeness (QED) is 0.155. The molecule has 1 heterocycles. The molecule has 0 aliphatic carbocycles. The van der Waals surface area contributed by atoms with Crippen molar-refractivity contribution in [1.82, 2.24) is 9.88 Å². The van der Waals surface area contributed by atoms with Crippen molar-refractivity contribution in [3.05, 3.63) is 64.1 Å². The first-order chi connectivity index (χ1) is 15.7. The molecule has 0 unspecified atom stereocenters. The van der Waals surface area contributed by atoms with Crippen molar-refractivity contribution in [3.63, 3.8) is 0 Å². The number of nitrogens with one attached hydrogen (secondary N) is 2. The zero-order chi connectivity index (χ0) is 24.9. The van der Waals surface area contributed by atoms with Crippen LogP contribution < -0.4 is 27.1 Å². The van der Waals surface area contributed by atoms with E-state index in [1.165, 1.54) is 10.6 Å². The van der Waals surface area contributed by atoms with Crippen molar-refractivity contribution < 1.29 is 22.8 Å². The molecule has 1 amide bonds. The molecule has 0 saturated carbocycles. The maximum Gasteiger partial charge on any atom is 0.275 e. The Balaban J connectivity index is 0.00000353. The monoisotopic (exact) mass is 488 g/mol. The molecule has 33 heavy (non-hydrogen) atoms. The summed E-state index contributed by atoms with van der Waals surface area (Å²) in [6.07, 6.45) is 0.454. The predicted octanol–water partition coefficient (Wildman–Crippen LogP) is 0.599. The third-order valence-electron chi connectivity index (χ3n) is 4.06. The lowest BCUT2D eigenvalue weighted by molar-refractivity contribution is -0.121. The molecule has 6 N–H and O–H groups in total. The van der Waals surface area contributed by atoms with E-state index >= 15 is 0 Å². The van der Waals surface area contributed by atoms with Crippen molar-refractivity contribution in [2.45, 2.75) is 33.1 Å². The summed E-state index contributed by atoms with van der Waals surface area (Å²) in [4.78, 5) is 29.7. The van der Waals surface area contributed by atoms with Gasteiger partial charge in [0, 0.05) is 18.7 Å². The van der Waals surface area contributed by atoms with Crippen molar-refractivity contribution in [3.8, 4) is 0 Å². The van der Waals surface area contributed by atoms with Gasteiger partial charge in [-0.3, -0.25) is 19.0 Å². The molecule has 0 saturated heterocycles. The van der Waals surface area contributed by atoms with Gasteiger partial charge in [0.25, 0.3) is 7.01 Å². The van der Waals surface area contributed by atoms with E-state index in [2.05, 4.69) is 16.6 Å². The first-order valence-electron chi connectivity index (χ1n) is 9.78. The smallest absolute Gasteiger partial charge is 0.275 e. The number of guanidine groups is 1. The van der Waals surface area contributed by atoms with E-state index in [4.69, 9.17) is 21.0 Å². The Morgan fingerprint density at radius 2 is 1.88 bits per heavy atom. The summed E-state index contributed by atoms with van der Waals surface area (Å²) < 4.78 is 41.4. The van der Waals surface area contributed by atoms with Gasteiger partial charge in [-0.25, -0.2) is 8.42 Å². The zero-order valence-electron chi connectivity index (χ0n) is 18.5. The third-order valence-corrected chi connectivity index (χ3v) is 5.31. The molecule has 13 heteroatoms. The minimum Gasteiger partial charge on any atom is -0.393 e. The van der Waals surface area contributed by atoms with Crippen LogP contribution in [0.1, 0.15) is 25.1 Å². The highest BCUT2D eigenvalue weighted by Crippen LogP contribution is 2.10. The number of nitrogens with zero attached hydrogens (tertiary/aromatic N) is 2. The van der Waals surface area contributed by atoms with Gasteiger partial charge in [-0.2, -0.15) is 0 Å². The molecule has 2 aromatic rings. The van der Waals surface area contributed by atoms with Gasteiger partial charge in [0.2, 0.25) is 21.9 Å². The fourth-order valence-corrected chi connectivity index (χ4v) is 3.82. The highest BCUT2D eigenvalue weighted by Gasteiger charge is 2.16. The van der Waals surface area contributed by atoms with Crippen molar-refractivity contribution in [2.75, 3.05) is 17.9 Å². The molecule has 184 valence electrons. The predicted molar refractivity (Wildman–Crippen MR) is 127 cm³/mol. The van der Waals surface area contributed by atoms with Gasteiger partial charge in [0.15, 0.2) is 0 Å². The van der Waals surface area contributed by atoms with Crippen molar-refractivity contribution in [1.29, 1.82) is 1.45 Å². The van der Waals surface area contributed by atoms with Crippen LogP contribution in [0.15, 0.2) is 52.4 Å². The molecule has 0 spiro atoms. The largest absolute Gasteiger partial charge is 0.393 e. The lowest BCUT2D eigenvalue weighted by Gasteiger charge is -2.13. The van der Waals surface area contributed by atoms with E-state index < -0.39 is 21.5 Å². The normalized spacial score (nSPS) is 10.4. The number of hydrogen-bond donors (Lipinski definition) is 4. The summed E-state index contributed by atoms with van der Waals surface area (Å²) in [7, 11) is -3.80. The lowest BCUT2D eigenvalue weighted by atomic mass is 10.2. The van der Waals surface area contributed by atoms with Crippen molar-refractivity contribution >= 4 is 27.6 Å². The molecule has 1 aromatic heterocycles. The number of pyridine rings is 1. The van der Waals surface area contributed by atoms with Crippen LogP contribution in [0.25, 0.3) is 0 Å². The minimum atomic E-state index is -3.80. The van der Waals surface area contributed by atoms with Gasteiger partial charge < -0.3 is 26.2 Å². The van der Waals surface area contributed by atoms with Crippen LogP contribution in [0.5, 0.6) is 0 Å². The van der Waals surface area contributed by atoms with E-state index in [1.54, 1.807) is 43.3 Å². The SMILES string of the molecule is C.Cc1ccc(NS(=O)(=O)Cc2ccccc2)c(=O)n1CC(=O)NCCCON=C(N)N.[3H]F. The average Bonchev–Trinajstić information content (AvgIpc) is 2.77. The minimum absolute atomic E-state index is 0. The number of sulfonamides is 1. The van der Waals surface area contributed by atoms with E-state index in [0.717, 1.165) is 0 Å². The number of rotatable bonds is 11. The Bertz CT molecular complexity index is 1090. The number of anilines is 1. The topological polar surface area (TPSA) is 171 Å². The van der Waals surface area contributed by atoms with Crippen LogP contribution in [-0.2, 0) is 32.0 Å². The van der Waals surface area contributed by atoms with E-state index in [9.17, 15) is 18.0 Å². The number of hydrogen-bond acceptors (Lipinski definition) is 6. The van der Waals surface area contributed by atoms with E-state index in [1.807, 2.05) is 0 Å². The summed E-state index contributed by atoms with van der Waals surface area (Å²) in [6.45, 7) is 1.89. The number of amides is 1. The highest BCUT2D eigenvalue weighted by atomic mass is 32.2. The Labute approximate surface area is 193 Å². The van der Waals surface area contributed by atoms with Gasteiger partial charge in [-0.15, -0.1) is 0 Å². The van der Waals surface area contributed by atoms with Gasteiger partial charge in [0.1, 0.15) is 18.8 Å². The number of aromatic nitrogens is 1. The van der Waals surface area contributed by atoms with Crippen LogP contribution in [0, 0.1) is 6.92 Å². The number of carbonyl (C=O) groups excluding carboxylic acids is 1. The zero-order valence-corrected chi connectivity index (χ0v) is 18.3. The summed E-state index contributed by atoms with van der Waals surface area (Å²) >= 11 is 0. The van der Waals surface area contributed by atoms with Gasteiger partial charge >= 0.3 is 0 Å². The fraction of sp³-hybridized carbons (Fsp3) is 0.350. The second-order valence-corrected chi connectivity index (χ2v) is 8.40. The maximum absolute atomic E-state index is 12.7. The molecule has 2 rings (SSSR count). The van der Waals surface area contributed by atoms with Crippen molar-refractivity contribution in [2.24, 2.45) is 16.6 Å². The molecule has 11 nitrogen and oxygen atoms in total. The molecule has 0 atom stereocenters. The van der Waals surface area contributed by atoms with Gasteiger partial charge in [-0.05, 0) is 29.8 Å². The summed E-state index contributed by atoms with van der Waals surface area (Å²) in [5, 5.41) is 6.00. The van der Waals surface area contributed by atoms with E-state index in [0.29, 0.717) is 17.7 Å². The standard InChI is InChI=1S/C19H26N6O5S.CH4.FH/c1-14-8-9-16(24-31(28,29)13-15-6-3-2-4-7-15)18(27)25(14)12-17(26)22-10-5-11-30-23-19(20)21;;/h2-4,6-9,24H,5,10-13H2,1H3,(H,22,26)(H4,20,21,23);1H4;1H/i/hT. The van der Waals surface area contributed by atoms with Crippen LogP contribution >= 0.6 is 0 Å². The maximum atomic E-state index is 12.7. The number of halogens is 1.